The standard InChI is InChI=1S/C17H16N4O4/c22-16(13-10-15(25-20-13)14-5-2-9-23-14)21-8-1-4-12(11-21)24-17-18-6-3-7-19-17/h2-3,5-7,9-10,12H,1,4,8,11H2. The molecule has 1 atom stereocenters. The van der Waals surface area contributed by atoms with Gasteiger partial charge in [0, 0.05) is 25.0 Å². The van der Waals surface area contributed by atoms with Gasteiger partial charge in [-0.05, 0) is 31.0 Å². The molecule has 4 rings (SSSR count). The molecule has 0 bridgehead atoms. The van der Waals surface area contributed by atoms with Crippen LogP contribution in [0.3, 0.4) is 0 Å². The van der Waals surface area contributed by atoms with Crippen LogP contribution in [0.15, 0.2) is 51.9 Å². The summed E-state index contributed by atoms with van der Waals surface area (Å²) in [5.41, 5.74) is 0.253. The summed E-state index contributed by atoms with van der Waals surface area (Å²) in [6.07, 6.45) is 6.33. The van der Waals surface area contributed by atoms with Crippen LogP contribution < -0.4 is 4.74 Å². The number of piperidine rings is 1. The molecule has 0 radical (unpaired) electrons. The van der Waals surface area contributed by atoms with Crippen molar-refractivity contribution in [1.29, 1.82) is 0 Å². The molecule has 3 aromatic heterocycles. The lowest BCUT2D eigenvalue weighted by molar-refractivity contribution is 0.0507. The van der Waals surface area contributed by atoms with Gasteiger partial charge in [0.2, 0.25) is 5.76 Å². The van der Waals surface area contributed by atoms with E-state index in [-0.39, 0.29) is 17.7 Å². The normalized spacial score (nSPS) is 17.4. The van der Waals surface area contributed by atoms with Gasteiger partial charge in [-0.3, -0.25) is 4.79 Å². The van der Waals surface area contributed by atoms with Gasteiger partial charge in [0.05, 0.1) is 12.8 Å². The minimum atomic E-state index is -0.191. The van der Waals surface area contributed by atoms with Crippen molar-refractivity contribution in [2.45, 2.75) is 18.9 Å². The maximum Gasteiger partial charge on any atom is 0.316 e. The van der Waals surface area contributed by atoms with E-state index in [0.717, 1.165) is 12.8 Å². The lowest BCUT2D eigenvalue weighted by Crippen LogP contribution is -2.44. The van der Waals surface area contributed by atoms with Gasteiger partial charge in [0.15, 0.2) is 11.5 Å². The van der Waals surface area contributed by atoms with E-state index in [1.165, 1.54) is 6.26 Å². The highest BCUT2D eigenvalue weighted by molar-refractivity contribution is 5.93. The summed E-state index contributed by atoms with van der Waals surface area (Å²) in [7, 11) is 0. The van der Waals surface area contributed by atoms with Crippen molar-refractivity contribution in [1.82, 2.24) is 20.0 Å². The van der Waals surface area contributed by atoms with Crippen LogP contribution in [0.1, 0.15) is 23.3 Å². The van der Waals surface area contributed by atoms with Crippen molar-refractivity contribution in [2.24, 2.45) is 0 Å². The molecular weight excluding hydrogens is 324 g/mol. The maximum absolute atomic E-state index is 12.7. The van der Waals surface area contributed by atoms with Crippen LogP contribution >= 0.6 is 0 Å². The highest BCUT2D eigenvalue weighted by Crippen LogP contribution is 2.22. The summed E-state index contributed by atoms with van der Waals surface area (Å²) < 4.78 is 16.2. The molecule has 1 aliphatic heterocycles. The maximum atomic E-state index is 12.7. The zero-order chi connectivity index (χ0) is 17.1. The Balaban J connectivity index is 1.43. The average Bonchev–Trinajstić information content (AvgIpc) is 3.34. The molecular formula is C17H16N4O4. The fraction of sp³-hybridized carbons (Fsp3) is 0.294. The zero-order valence-electron chi connectivity index (χ0n) is 13.4. The average molecular weight is 340 g/mol. The molecule has 0 aromatic carbocycles. The summed E-state index contributed by atoms with van der Waals surface area (Å²) in [5, 5.41) is 3.86. The molecule has 0 N–H and O–H groups in total. The number of hydrogen-bond donors (Lipinski definition) is 0. The molecule has 3 aromatic rings. The largest absolute Gasteiger partial charge is 0.461 e. The summed E-state index contributed by atoms with van der Waals surface area (Å²) in [5.74, 6) is 0.771. The highest BCUT2D eigenvalue weighted by Gasteiger charge is 2.28. The third-order valence-electron chi connectivity index (χ3n) is 3.97. The lowest BCUT2D eigenvalue weighted by Gasteiger charge is -2.31. The molecule has 1 fully saturated rings. The number of aromatic nitrogens is 3. The fourth-order valence-electron chi connectivity index (χ4n) is 2.79. The molecule has 0 spiro atoms. The number of rotatable bonds is 4. The molecule has 1 aliphatic rings. The summed E-state index contributed by atoms with van der Waals surface area (Å²) >= 11 is 0. The van der Waals surface area contributed by atoms with Crippen LogP contribution in [0, 0.1) is 0 Å². The molecule has 128 valence electrons. The van der Waals surface area contributed by atoms with Crippen LogP contribution in [0.25, 0.3) is 11.5 Å². The Morgan fingerprint density at radius 1 is 1.24 bits per heavy atom. The minimum Gasteiger partial charge on any atom is -0.461 e. The van der Waals surface area contributed by atoms with E-state index in [0.29, 0.717) is 30.6 Å². The van der Waals surface area contributed by atoms with Crippen LogP contribution in [-0.2, 0) is 0 Å². The van der Waals surface area contributed by atoms with Gasteiger partial charge in [-0.25, -0.2) is 9.97 Å². The van der Waals surface area contributed by atoms with Gasteiger partial charge in [0.25, 0.3) is 5.91 Å². The van der Waals surface area contributed by atoms with Gasteiger partial charge in [-0.15, -0.1) is 0 Å². The first kappa shape index (κ1) is 15.4. The quantitative estimate of drug-likeness (QED) is 0.719. The van der Waals surface area contributed by atoms with E-state index < -0.39 is 0 Å². The first-order valence-corrected chi connectivity index (χ1v) is 8.03. The molecule has 0 saturated carbocycles. The molecule has 25 heavy (non-hydrogen) atoms. The second-order valence-corrected chi connectivity index (χ2v) is 5.72. The van der Waals surface area contributed by atoms with Crippen molar-refractivity contribution in [3.8, 4) is 17.5 Å². The Morgan fingerprint density at radius 3 is 2.92 bits per heavy atom. The van der Waals surface area contributed by atoms with E-state index in [1.54, 1.807) is 41.6 Å². The van der Waals surface area contributed by atoms with E-state index in [1.807, 2.05) is 0 Å². The second-order valence-electron chi connectivity index (χ2n) is 5.72. The molecule has 1 unspecified atom stereocenters. The molecule has 8 heteroatoms. The SMILES string of the molecule is O=C(c1cc(-c2ccco2)on1)N1CCCC(Oc2ncccn2)C1. The number of furan rings is 1. The monoisotopic (exact) mass is 340 g/mol. The number of carbonyl (C=O) groups excluding carboxylic acids is 1. The van der Waals surface area contributed by atoms with E-state index in [9.17, 15) is 4.79 Å². The summed E-state index contributed by atoms with van der Waals surface area (Å²) in [6.45, 7) is 1.11. The third-order valence-corrected chi connectivity index (χ3v) is 3.97. The number of carbonyl (C=O) groups is 1. The van der Waals surface area contributed by atoms with Crippen molar-refractivity contribution < 1.29 is 18.5 Å². The number of hydrogen-bond acceptors (Lipinski definition) is 7. The van der Waals surface area contributed by atoms with Gasteiger partial charge >= 0.3 is 6.01 Å². The molecule has 8 nitrogen and oxygen atoms in total. The summed E-state index contributed by atoms with van der Waals surface area (Å²) in [6, 6.07) is 7.14. The second kappa shape index (κ2) is 6.76. The van der Waals surface area contributed by atoms with Crippen molar-refractivity contribution in [3.63, 3.8) is 0 Å². The van der Waals surface area contributed by atoms with Gasteiger partial charge in [-0.1, -0.05) is 5.16 Å². The van der Waals surface area contributed by atoms with E-state index in [4.69, 9.17) is 13.7 Å². The Morgan fingerprint density at radius 2 is 2.12 bits per heavy atom. The Labute approximate surface area is 143 Å². The van der Waals surface area contributed by atoms with E-state index in [2.05, 4.69) is 15.1 Å². The van der Waals surface area contributed by atoms with Crippen molar-refractivity contribution >= 4 is 5.91 Å². The van der Waals surface area contributed by atoms with Crippen LogP contribution in [-0.4, -0.2) is 45.1 Å². The molecule has 0 aliphatic carbocycles. The number of amides is 1. The molecule has 4 heterocycles. The first-order valence-electron chi connectivity index (χ1n) is 8.03. The number of ether oxygens (including phenoxy) is 1. The Hall–Kier alpha value is -3.16. The molecule has 1 saturated heterocycles. The number of likely N-dealkylation sites (tertiary alicyclic amines) is 1. The van der Waals surface area contributed by atoms with Crippen molar-refractivity contribution in [2.75, 3.05) is 13.1 Å². The van der Waals surface area contributed by atoms with Gasteiger partial charge in [0.1, 0.15) is 6.10 Å². The number of nitrogens with zero attached hydrogens (tertiary/aromatic N) is 4. The van der Waals surface area contributed by atoms with E-state index >= 15 is 0 Å². The first-order chi connectivity index (χ1) is 12.3. The molecule has 1 amide bonds. The van der Waals surface area contributed by atoms with Crippen LogP contribution in [0.2, 0.25) is 0 Å². The third kappa shape index (κ3) is 3.37. The van der Waals surface area contributed by atoms with Crippen molar-refractivity contribution in [3.05, 3.63) is 48.6 Å². The topological polar surface area (TPSA) is 94.5 Å². The van der Waals surface area contributed by atoms with Gasteiger partial charge in [-0.2, -0.15) is 0 Å². The fourth-order valence-corrected chi connectivity index (χ4v) is 2.79. The smallest absolute Gasteiger partial charge is 0.316 e. The zero-order valence-corrected chi connectivity index (χ0v) is 13.4. The Kier molecular flexibility index (Phi) is 4.16. The minimum absolute atomic E-state index is 0.142. The predicted octanol–water partition coefficient (Wildman–Crippen LogP) is 2.41. The van der Waals surface area contributed by atoms with Crippen LogP contribution in [0.4, 0.5) is 0 Å². The van der Waals surface area contributed by atoms with Crippen LogP contribution in [0.5, 0.6) is 6.01 Å². The van der Waals surface area contributed by atoms with Gasteiger partial charge < -0.3 is 18.6 Å². The Bertz CT molecular complexity index is 831. The summed E-state index contributed by atoms with van der Waals surface area (Å²) in [4.78, 5) is 22.5. The highest BCUT2D eigenvalue weighted by atomic mass is 16.5. The lowest BCUT2D eigenvalue weighted by atomic mass is 10.1. The predicted molar refractivity (Wildman–Crippen MR) is 85.8 cm³/mol.